The minimum atomic E-state index is -3.27. The molecule has 0 aliphatic heterocycles. The molecule has 3 rings (SSSR count). The summed E-state index contributed by atoms with van der Waals surface area (Å²) in [5.41, 5.74) is 1.96. The van der Waals surface area contributed by atoms with Gasteiger partial charge in [-0.3, -0.25) is 0 Å². The van der Waals surface area contributed by atoms with E-state index >= 15 is 0 Å². The maximum Gasteiger partial charge on any atom is 0.175 e. The van der Waals surface area contributed by atoms with Crippen molar-refractivity contribution in [1.82, 2.24) is 9.97 Å². The van der Waals surface area contributed by atoms with Crippen LogP contribution in [-0.4, -0.2) is 24.6 Å². The molecule has 108 valence electrons. The van der Waals surface area contributed by atoms with Crippen LogP contribution in [0.5, 0.6) is 0 Å². The third-order valence-corrected chi connectivity index (χ3v) is 4.83. The largest absolute Gasteiger partial charge is 0.338 e. The summed E-state index contributed by atoms with van der Waals surface area (Å²) in [6, 6.07) is 9.00. The van der Waals surface area contributed by atoms with Gasteiger partial charge in [-0.15, -0.1) is 0 Å². The van der Waals surface area contributed by atoms with Crippen LogP contribution in [-0.2, 0) is 9.84 Å². The van der Waals surface area contributed by atoms with Crippen LogP contribution in [0.3, 0.4) is 0 Å². The van der Waals surface area contributed by atoms with Crippen molar-refractivity contribution in [2.24, 2.45) is 0 Å². The minimum Gasteiger partial charge on any atom is -0.338 e. The highest BCUT2D eigenvalue weighted by atomic mass is 79.9. The molecule has 0 aliphatic carbocycles. The lowest BCUT2D eigenvalue weighted by Gasteiger charge is -2.00. The summed E-state index contributed by atoms with van der Waals surface area (Å²) in [5.74, 6) is 0.198. The summed E-state index contributed by atoms with van der Waals surface area (Å²) in [6.45, 7) is 0. The van der Waals surface area contributed by atoms with E-state index in [2.05, 4.69) is 25.9 Å². The van der Waals surface area contributed by atoms with Crippen molar-refractivity contribution in [3.05, 3.63) is 46.7 Å². The van der Waals surface area contributed by atoms with Gasteiger partial charge in [-0.25, -0.2) is 17.8 Å². The zero-order valence-corrected chi connectivity index (χ0v) is 13.3. The van der Waals surface area contributed by atoms with Crippen molar-refractivity contribution in [3.8, 4) is 11.4 Å². The summed E-state index contributed by atoms with van der Waals surface area (Å²) in [4.78, 5) is 7.68. The molecule has 3 aromatic rings. The number of fused-ring (bicyclic) bond motifs is 1. The smallest absolute Gasteiger partial charge is 0.175 e. The summed E-state index contributed by atoms with van der Waals surface area (Å²) in [7, 11) is -3.27. The van der Waals surface area contributed by atoms with Gasteiger partial charge in [0.15, 0.2) is 9.84 Å². The fraction of sp³-hybridized carbons (Fsp3) is 0.0714. The number of imidazole rings is 1. The number of nitrogens with zero attached hydrogens (tertiary/aromatic N) is 1. The summed E-state index contributed by atoms with van der Waals surface area (Å²) in [6.07, 6.45) is 1.15. The summed E-state index contributed by atoms with van der Waals surface area (Å²) in [5, 5.41) is 0. The van der Waals surface area contributed by atoms with E-state index < -0.39 is 9.84 Å². The monoisotopic (exact) mass is 368 g/mol. The molecule has 0 aliphatic rings. The Morgan fingerprint density at radius 1 is 1.19 bits per heavy atom. The number of rotatable bonds is 2. The number of aromatic nitrogens is 2. The lowest BCUT2D eigenvalue weighted by Crippen LogP contribution is -1.96. The van der Waals surface area contributed by atoms with Gasteiger partial charge < -0.3 is 4.98 Å². The molecule has 2 aromatic carbocycles. The van der Waals surface area contributed by atoms with Crippen LogP contribution >= 0.6 is 15.9 Å². The molecule has 0 fully saturated rings. The van der Waals surface area contributed by atoms with Crippen LogP contribution in [0.25, 0.3) is 22.4 Å². The molecule has 4 nitrogen and oxygen atoms in total. The Bertz CT molecular complexity index is 951. The summed E-state index contributed by atoms with van der Waals surface area (Å²) < 4.78 is 36.8. The molecule has 1 heterocycles. The molecule has 0 amide bonds. The second-order valence-corrected chi connectivity index (χ2v) is 7.53. The van der Waals surface area contributed by atoms with Crippen molar-refractivity contribution in [1.29, 1.82) is 0 Å². The Hall–Kier alpha value is -1.73. The van der Waals surface area contributed by atoms with Crippen LogP contribution in [0.1, 0.15) is 0 Å². The second-order valence-electron chi connectivity index (χ2n) is 4.66. The second kappa shape index (κ2) is 4.92. The summed E-state index contributed by atoms with van der Waals surface area (Å²) >= 11 is 3.29. The molecular formula is C14H10BrFN2O2S. The van der Waals surface area contributed by atoms with Crippen molar-refractivity contribution in [2.45, 2.75) is 4.90 Å². The number of nitrogens with one attached hydrogen (secondary N) is 1. The molecule has 0 atom stereocenters. The molecule has 1 aromatic heterocycles. The SMILES string of the molecule is CS(=O)(=O)c1ccc2nc(-c3ccc(F)cc3Br)[nH]c2c1. The molecule has 0 saturated carbocycles. The molecule has 21 heavy (non-hydrogen) atoms. The van der Waals surface area contributed by atoms with Gasteiger partial charge in [0.2, 0.25) is 0 Å². The van der Waals surface area contributed by atoms with E-state index in [1.54, 1.807) is 18.2 Å². The van der Waals surface area contributed by atoms with Gasteiger partial charge >= 0.3 is 0 Å². The van der Waals surface area contributed by atoms with Crippen LogP contribution in [0.2, 0.25) is 0 Å². The van der Waals surface area contributed by atoms with Gasteiger partial charge in [-0.05, 0) is 52.3 Å². The minimum absolute atomic E-state index is 0.225. The number of sulfone groups is 1. The van der Waals surface area contributed by atoms with Crippen molar-refractivity contribution < 1.29 is 12.8 Å². The predicted molar refractivity (Wildman–Crippen MR) is 82.3 cm³/mol. The third-order valence-electron chi connectivity index (χ3n) is 3.07. The van der Waals surface area contributed by atoms with Crippen molar-refractivity contribution >= 4 is 36.8 Å². The molecule has 0 saturated heterocycles. The number of hydrogen-bond donors (Lipinski definition) is 1. The van der Waals surface area contributed by atoms with Gasteiger partial charge in [0.25, 0.3) is 0 Å². The zero-order chi connectivity index (χ0) is 15.2. The molecule has 0 spiro atoms. The Balaban J connectivity index is 2.17. The van der Waals surface area contributed by atoms with Crippen LogP contribution < -0.4 is 0 Å². The molecule has 1 N–H and O–H groups in total. The molecule has 7 heteroatoms. The first-order chi connectivity index (χ1) is 9.84. The topological polar surface area (TPSA) is 62.8 Å². The van der Waals surface area contributed by atoms with Gasteiger partial charge in [0.1, 0.15) is 11.6 Å². The fourth-order valence-corrected chi connectivity index (χ4v) is 3.21. The highest BCUT2D eigenvalue weighted by Crippen LogP contribution is 2.29. The average Bonchev–Trinajstić information content (AvgIpc) is 2.79. The third kappa shape index (κ3) is 2.71. The fourth-order valence-electron chi connectivity index (χ4n) is 2.03. The Morgan fingerprint density at radius 2 is 1.95 bits per heavy atom. The maximum absolute atomic E-state index is 13.1. The van der Waals surface area contributed by atoms with E-state index in [-0.39, 0.29) is 10.7 Å². The van der Waals surface area contributed by atoms with E-state index in [1.165, 1.54) is 18.2 Å². The zero-order valence-electron chi connectivity index (χ0n) is 10.9. The lowest BCUT2D eigenvalue weighted by atomic mass is 10.2. The van der Waals surface area contributed by atoms with Gasteiger partial charge in [0, 0.05) is 16.3 Å². The predicted octanol–water partition coefficient (Wildman–Crippen LogP) is 3.54. The van der Waals surface area contributed by atoms with Gasteiger partial charge in [-0.1, -0.05) is 0 Å². The quantitative estimate of drug-likeness (QED) is 0.752. The van der Waals surface area contributed by atoms with E-state index in [4.69, 9.17) is 0 Å². The van der Waals surface area contributed by atoms with Crippen molar-refractivity contribution in [3.63, 3.8) is 0 Å². The average molecular weight is 369 g/mol. The number of benzene rings is 2. The Morgan fingerprint density at radius 3 is 2.62 bits per heavy atom. The van der Waals surface area contributed by atoms with Crippen LogP contribution in [0, 0.1) is 5.82 Å². The molecular weight excluding hydrogens is 359 g/mol. The first-order valence-electron chi connectivity index (χ1n) is 6.00. The number of hydrogen-bond acceptors (Lipinski definition) is 3. The van der Waals surface area contributed by atoms with Gasteiger partial charge in [-0.2, -0.15) is 0 Å². The van der Waals surface area contributed by atoms with Crippen LogP contribution in [0.15, 0.2) is 45.8 Å². The normalized spacial score (nSPS) is 12.0. The Labute approximate surface area is 129 Å². The van der Waals surface area contributed by atoms with Gasteiger partial charge in [0.05, 0.1) is 15.9 Å². The van der Waals surface area contributed by atoms with Crippen molar-refractivity contribution in [2.75, 3.05) is 6.26 Å². The first kappa shape index (κ1) is 14.2. The highest BCUT2D eigenvalue weighted by Gasteiger charge is 2.12. The van der Waals surface area contributed by atoms with E-state index in [0.29, 0.717) is 26.9 Å². The number of halogens is 2. The lowest BCUT2D eigenvalue weighted by molar-refractivity contribution is 0.602. The number of aromatic amines is 1. The molecule has 0 radical (unpaired) electrons. The first-order valence-corrected chi connectivity index (χ1v) is 8.68. The van der Waals surface area contributed by atoms with E-state index in [0.717, 1.165) is 6.26 Å². The standard InChI is InChI=1S/C14H10BrFN2O2S/c1-21(19,20)9-3-5-12-13(7-9)18-14(17-12)10-4-2-8(16)6-11(10)15/h2-7H,1H3,(H,17,18). The maximum atomic E-state index is 13.1. The van der Waals surface area contributed by atoms with Crippen LogP contribution in [0.4, 0.5) is 4.39 Å². The Kier molecular flexibility index (Phi) is 3.33. The van der Waals surface area contributed by atoms with E-state index in [1.807, 2.05) is 0 Å². The highest BCUT2D eigenvalue weighted by molar-refractivity contribution is 9.10. The molecule has 0 bridgehead atoms. The van der Waals surface area contributed by atoms with E-state index in [9.17, 15) is 12.8 Å². The molecule has 0 unspecified atom stereocenters. The number of H-pyrrole nitrogens is 1.